The Morgan fingerprint density at radius 1 is 1.29 bits per heavy atom. The molecule has 0 heterocycles. The quantitative estimate of drug-likeness (QED) is 0.190. The molecular weight excluding hydrogens is 422 g/mol. The van der Waals surface area contributed by atoms with E-state index in [9.17, 15) is 10.1 Å². The summed E-state index contributed by atoms with van der Waals surface area (Å²) in [7, 11) is 0. The Hall–Kier alpha value is -3.20. The molecule has 6 nitrogen and oxygen atoms in total. The van der Waals surface area contributed by atoms with Gasteiger partial charge in [0.15, 0.2) is 5.71 Å². The van der Waals surface area contributed by atoms with Gasteiger partial charge in [0, 0.05) is 6.04 Å². The first-order valence-electron chi connectivity index (χ1n) is 12.5. The molecule has 1 fully saturated rings. The molecule has 1 aromatic rings. The van der Waals surface area contributed by atoms with Crippen molar-refractivity contribution in [1.82, 2.24) is 5.32 Å². The van der Waals surface area contributed by atoms with Crippen molar-refractivity contribution in [3.8, 4) is 6.07 Å². The number of nitrogens with two attached hydrogens (primary N) is 1. The molecular formula is C28H39N5O. The Balaban J connectivity index is 1.98. The van der Waals surface area contributed by atoms with E-state index in [1.165, 1.54) is 11.8 Å². The van der Waals surface area contributed by atoms with Gasteiger partial charge in [-0.15, -0.1) is 0 Å². The van der Waals surface area contributed by atoms with Crippen molar-refractivity contribution in [1.29, 1.82) is 5.26 Å². The van der Waals surface area contributed by atoms with Crippen molar-refractivity contribution in [2.24, 2.45) is 15.9 Å². The van der Waals surface area contributed by atoms with Gasteiger partial charge < -0.3 is 11.2 Å². The molecule has 0 spiro atoms. The molecule has 1 aliphatic rings. The number of allylic oxidation sites excluding steroid dienone is 2. The minimum Gasteiger partial charge on any atom is -0.348 e. The van der Waals surface area contributed by atoms with E-state index in [0.717, 1.165) is 61.6 Å². The second-order valence-corrected chi connectivity index (χ2v) is 8.89. The van der Waals surface area contributed by atoms with Gasteiger partial charge in [-0.2, -0.15) is 10.4 Å². The predicted molar refractivity (Wildman–Crippen MR) is 141 cm³/mol. The summed E-state index contributed by atoms with van der Waals surface area (Å²) in [5, 5.41) is 16.2. The van der Waals surface area contributed by atoms with Crippen LogP contribution < -0.4 is 11.2 Å². The maximum Gasteiger partial charge on any atom is 0.273 e. The molecule has 1 atom stereocenters. The van der Waals surface area contributed by atoms with Gasteiger partial charge in [-0.3, -0.25) is 9.79 Å². The van der Waals surface area contributed by atoms with Crippen LogP contribution in [0.15, 0.2) is 52.1 Å². The highest BCUT2D eigenvalue weighted by atomic mass is 16.2. The number of rotatable bonds is 12. The van der Waals surface area contributed by atoms with Crippen LogP contribution >= 0.6 is 0 Å². The molecule has 0 saturated heterocycles. The summed E-state index contributed by atoms with van der Waals surface area (Å²) in [5.41, 5.74) is 4.31. The summed E-state index contributed by atoms with van der Waals surface area (Å²) < 4.78 is 0. The number of hydrazone groups is 1. The molecule has 1 saturated carbocycles. The van der Waals surface area contributed by atoms with E-state index in [-0.39, 0.29) is 29.6 Å². The van der Waals surface area contributed by atoms with Crippen LogP contribution in [0.4, 0.5) is 0 Å². The van der Waals surface area contributed by atoms with Crippen LogP contribution in [0, 0.1) is 11.3 Å². The maximum absolute atomic E-state index is 12.7. The van der Waals surface area contributed by atoms with Crippen molar-refractivity contribution >= 4 is 17.8 Å². The highest BCUT2D eigenvalue weighted by Crippen LogP contribution is 2.39. The molecule has 1 unspecified atom stereocenters. The topological polar surface area (TPSA) is 104 Å². The lowest BCUT2D eigenvalue weighted by molar-refractivity contribution is -0.115. The molecule has 2 rings (SSSR count). The molecule has 1 aromatic carbocycles. The van der Waals surface area contributed by atoms with Crippen molar-refractivity contribution in [2.45, 2.75) is 90.6 Å². The number of nitriles is 1. The third kappa shape index (κ3) is 7.69. The van der Waals surface area contributed by atoms with E-state index in [0.29, 0.717) is 0 Å². The number of nitrogens with one attached hydrogen (secondary N) is 1. The lowest BCUT2D eigenvalue weighted by atomic mass is 9.74. The number of benzene rings is 1. The molecule has 0 aliphatic heterocycles. The summed E-state index contributed by atoms with van der Waals surface area (Å²) in [6.45, 7) is 8.39. The molecule has 0 aromatic heterocycles. The molecule has 182 valence electrons. The Labute approximate surface area is 204 Å². The zero-order chi connectivity index (χ0) is 24.9. The zero-order valence-corrected chi connectivity index (χ0v) is 21.1. The second kappa shape index (κ2) is 14.1. The first-order chi connectivity index (χ1) is 16.5. The van der Waals surface area contributed by atoms with Crippen molar-refractivity contribution < 1.29 is 4.79 Å². The average molecular weight is 462 g/mol. The summed E-state index contributed by atoms with van der Waals surface area (Å²) in [4.78, 5) is 17.2. The standard InChI is InChI=1S/C28H39N5O/c1-5-8-11-22(12-9-6-2)20(4)31-19-27(33-30)28(34)32-25-16-24(17-25)26-15-21(10-7-3)13-14-23(26)18-29/h8,11-15,19-20,24-25H,5-7,9-10,16-17,30H2,1-4H3,(H,32,34)/b11-8+,22-12+,31-19?,33-27+. The molecule has 0 radical (unpaired) electrons. The van der Waals surface area contributed by atoms with E-state index in [4.69, 9.17) is 5.84 Å². The van der Waals surface area contributed by atoms with Gasteiger partial charge in [-0.25, -0.2) is 0 Å². The van der Waals surface area contributed by atoms with Gasteiger partial charge in [-0.05, 0) is 67.7 Å². The van der Waals surface area contributed by atoms with Crippen molar-refractivity contribution in [2.75, 3.05) is 0 Å². The highest BCUT2D eigenvalue weighted by molar-refractivity contribution is 6.60. The number of hydrogen-bond acceptors (Lipinski definition) is 5. The molecule has 6 heteroatoms. The minimum atomic E-state index is -0.315. The fraction of sp³-hybridized carbons (Fsp3) is 0.500. The number of unbranched alkanes of at least 4 members (excludes halogenated alkanes) is 1. The number of carbonyl (C=O) groups is 1. The minimum absolute atomic E-state index is 0.0361. The van der Waals surface area contributed by atoms with Gasteiger partial charge in [0.25, 0.3) is 5.91 Å². The van der Waals surface area contributed by atoms with Gasteiger partial charge in [0.05, 0.1) is 23.9 Å². The smallest absolute Gasteiger partial charge is 0.273 e. The molecule has 0 bridgehead atoms. The number of hydrogen-bond donors (Lipinski definition) is 2. The van der Waals surface area contributed by atoms with Crippen LogP contribution in [0.2, 0.25) is 0 Å². The number of aryl methyl sites for hydroxylation is 1. The van der Waals surface area contributed by atoms with E-state index in [2.05, 4.69) is 66.5 Å². The number of nitrogens with zero attached hydrogens (tertiary/aromatic N) is 3. The lowest BCUT2D eigenvalue weighted by Crippen LogP contribution is -2.46. The Kier molecular flexibility index (Phi) is 11.3. The third-order valence-corrected chi connectivity index (χ3v) is 6.18. The van der Waals surface area contributed by atoms with E-state index in [1.807, 2.05) is 19.1 Å². The molecule has 1 amide bonds. The summed E-state index contributed by atoms with van der Waals surface area (Å²) in [6, 6.07) is 8.36. The maximum atomic E-state index is 12.7. The van der Waals surface area contributed by atoms with Gasteiger partial charge in [0.2, 0.25) is 0 Å². The van der Waals surface area contributed by atoms with Crippen molar-refractivity contribution in [3.63, 3.8) is 0 Å². The van der Waals surface area contributed by atoms with Crippen LogP contribution in [-0.4, -0.2) is 29.9 Å². The van der Waals surface area contributed by atoms with Crippen molar-refractivity contribution in [3.05, 3.63) is 58.7 Å². The third-order valence-electron chi connectivity index (χ3n) is 6.18. The summed E-state index contributed by atoms with van der Waals surface area (Å²) >= 11 is 0. The van der Waals surface area contributed by atoms with Crippen LogP contribution in [0.1, 0.15) is 88.8 Å². The number of amides is 1. The number of carbonyl (C=O) groups excluding carboxylic acids is 1. The Morgan fingerprint density at radius 3 is 2.68 bits per heavy atom. The van der Waals surface area contributed by atoms with Crippen LogP contribution in [0.5, 0.6) is 0 Å². The second-order valence-electron chi connectivity index (χ2n) is 8.89. The van der Waals surface area contributed by atoms with Gasteiger partial charge >= 0.3 is 0 Å². The fourth-order valence-electron chi connectivity index (χ4n) is 4.11. The van der Waals surface area contributed by atoms with Gasteiger partial charge in [-0.1, -0.05) is 64.0 Å². The van der Waals surface area contributed by atoms with Crippen LogP contribution in [0.3, 0.4) is 0 Å². The normalized spacial score (nSPS) is 19.7. The fourth-order valence-corrected chi connectivity index (χ4v) is 4.11. The van der Waals surface area contributed by atoms with E-state index < -0.39 is 0 Å². The monoisotopic (exact) mass is 461 g/mol. The summed E-state index contributed by atoms with van der Waals surface area (Å²) in [6.07, 6.45) is 14.5. The zero-order valence-electron chi connectivity index (χ0n) is 21.1. The first-order valence-corrected chi connectivity index (χ1v) is 12.5. The van der Waals surface area contributed by atoms with E-state index in [1.54, 1.807) is 0 Å². The van der Waals surface area contributed by atoms with Crippen LogP contribution in [-0.2, 0) is 11.2 Å². The SMILES string of the molecule is CC/C=C/C(=C\CCC)C(C)N=C/C(=N\N)C(=O)NC1CC(c2cc(CCC)ccc2C#N)C1. The first kappa shape index (κ1) is 27.0. The van der Waals surface area contributed by atoms with Crippen LogP contribution in [0.25, 0.3) is 0 Å². The molecule has 3 N–H and O–H groups in total. The number of aliphatic imine (C=N–C) groups is 1. The van der Waals surface area contributed by atoms with E-state index >= 15 is 0 Å². The molecule has 34 heavy (non-hydrogen) atoms. The highest BCUT2D eigenvalue weighted by Gasteiger charge is 2.33. The Morgan fingerprint density at radius 2 is 2.06 bits per heavy atom. The van der Waals surface area contributed by atoms with Gasteiger partial charge in [0.1, 0.15) is 0 Å². The predicted octanol–water partition coefficient (Wildman–Crippen LogP) is 5.34. The molecule has 1 aliphatic carbocycles. The Bertz CT molecular complexity index is 977. The summed E-state index contributed by atoms with van der Waals surface area (Å²) in [5.74, 6) is 5.47. The average Bonchev–Trinajstić information content (AvgIpc) is 2.81. The largest absolute Gasteiger partial charge is 0.348 e. The lowest BCUT2D eigenvalue weighted by Gasteiger charge is -2.36.